The van der Waals surface area contributed by atoms with Gasteiger partial charge in [0.25, 0.3) is 0 Å². The SMILES string of the molecule is O=C(CCc1ccsc1)NCc1ccccc1CS(=O)(=O)N1CCOCC1. The second-order valence-electron chi connectivity index (χ2n) is 6.44. The van der Waals surface area contributed by atoms with Crippen molar-refractivity contribution in [2.45, 2.75) is 25.1 Å². The molecule has 1 saturated heterocycles. The fraction of sp³-hybridized carbons (Fsp3) is 0.421. The van der Waals surface area contributed by atoms with E-state index in [4.69, 9.17) is 4.74 Å². The smallest absolute Gasteiger partial charge is 0.220 e. The van der Waals surface area contributed by atoms with E-state index in [2.05, 4.69) is 5.32 Å². The van der Waals surface area contributed by atoms with Crippen LogP contribution in [0.25, 0.3) is 0 Å². The average Bonchev–Trinajstić information content (AvgIpc) is 3.20. The number of ether oxygens (including phenoxy) is 1. The van der Waals surface area contributed by atoms with Crippen LogP contribution < -0.4 is 5.32 Å². The molecule has 0 radical (unpaired) electrons. The van der Waals surface area contributed by atoms with Gasteiger partial charge in [0, 0.05) is 26.1 Å². The zero-order valence-electron chi connectivity index (χ0n) is 15.1. The summed E-state index contributed by atoms with van der Waals surface area (Å²) < 4.78 is 32.0. The van der Waals surface area contributed by atoms with Crippen LogP contribution in [0.5, 0.6) is 0 Å². The maximum atomic E-state index is 12.7. The Labute approximate surface area is 164 Å². The second-order valence-corrected chi connectivity index (χ2v) is 9.19. The van der Waals surface area contributed by atoms with Crippen molar-refractivity contribution >= 4 is 27.3 Å². The third-order valence-electron chi connectivity index (χ3n) is 4.52. The number of nitrogens with one attached hydrogen (secondary N) is 1. The van der Waals surface area contributed by atoms with Crippen molar-refractivity contribution in [3.8, 4) is 0 Å². The second kappa shape index (κ2) is 9.45. The Kier molecular flexibility index (Phi) is 7.01. The molecule has 0 saturated carbocycles. The van der Waals surface area contributed by atoms with Crippen LogP contribution in [-0.4, -0.2) is 44.9 Å². The van der Waals surface area contributed by atoms with E-state index in [-0.39, 0.29) is 11.7 Å². The lowest BCUT2D eigenvalue weighted by Gasteiger charge is -2.26. The van der Waals surface area contributed by atoms with Gasteiger partial charge in [-0.05, 0) is 39.9 Å². The molecule has 1 fully saturated rings. The fourth-order valence-corrected chi connectivity index (χ4v) is 5.22. The molecule has 1 aromatic carbocycles. The quantitative estimate of drug-likeness (QED) is 0.726. The van der Waals surface area contributed by atoms with E-state index >= 15 is 0 Å². The van der Waals surface area contributed by atoms with Gasteiger partial charge < -0.3 is 10.1 Å². The Balaban J connectivity index is 1.57. The molecule has 2 aromatic rings. The highest BCUT2D eigenvalue weighted by Gasteiger charge is 2.25. The van der Waals surface area contributed by atoms with E-state index < -0.39 is 10.0 Å². The number of carbonyl (C=O) groups excluding carboxylic acids is 1. The molecule has 0 atom stereocenters. The fourth-order valence-electron chi connectivity index (χ4n) is 2.96. The highest BCUT2D eigenvalue weighted by molar-refractivity contribution is 7.88. The lowest BCUT2D eigenvalue weighted by Crippen LogP contribution is -2.41. The molecule has 0 spiro atoms. The number of hydrogen-bond donors (Lipinski definition) is 1. The minimum Gasteiger partial charge on any atom is -0.379 e. The lowest BCUT2D eigenvalue weighted by molar-refractivity contribution is -0.121. The van der Waals surface area contributed by atoms with E-state index in [1.165, 1.54) is 4.31 Å². The summed E-state index contributed by atoms with van der Waals surface area (Å²) in [6.07, 6.45) is 1.13. The predicted octanol–water partition coefficient (Wildman–Crippen LogP) is 2.16. The number of morpholine rings is 1. The van der Waals surface area contributed by atoms with Crippen LogP contribution in [0, 0.1) is 0 Å². The Morgan fingerprint density at radius 2 is 1.89 bits per heavy atom. The number of hydrogen-bond acceptors (Lipinski definition) is 5. The van der Waals surface area contributed by atoms with Gasteiger partial charge in [0.2, 0.25) is 15.9 Å². The van der Waals surface area contributed by atoms with Crippen molar-refractivity contribution in [2.24, 2.45) is 0 Å². The van der Waals surface area contributed by atoms with Crippen molar-refractivity contribution in [3.05, 3.63) is 57.8 Å². The lowest BCUT2D eigenvalue weighted by atomic mass is 10.1. The van der Waals surface area contributed by atoms with Crippen molar-refractivity contribution in [3.63, 3.8) is 0 Å². The molecule has 1 N–H and O–H groups in total. The van der Waals surface area contributed by atoms with E-state index in [9.17, 15) is 13.2 Å². The molecule has 0 aliphatic carbocycles. The highest BCUT2D eigenvalue weighted by Crippen LogP contribution is 2.17. The molecule has 1 aliphatic rings. The van der Waals surface area contributed by atoms with Gasteiger partial charge in [0.1, 0.15) is 0 Å². The van der Waals surface area contributed by atoms with Crippen LogP contribution in [-0.2, 0) is 38.3 Å². The molecular formula is C19H24N2O4S2. The van der Waals surface area contributed by atoms with Crippen LogP contribution >= 0.6 is 11.3 Å². The van der Waals surface area contributed by atoms with Crippen molar-refractivity contribution in [1.29, 1.82) is 0 Å². The molecule has 1 aliphatic heterocycles. The average molecular weight is 409 g/mol. The molecule has 1 amide bonds. The zero-order chi connectivity index (χ0) is 19.1. The molecule has 146 valence electrons. The molecule has 2 heterocycles. The third-order valence-corrected chi connectivity index (χ3v) is 7.08. The van der Waals surface area contributed by atoms with Crippen LogP contribution in [0.1, 0.15) is 23.1 Å². The van der Waals surface area contributed by atoms with E-state index in [1.54, 1.807) is 11.3 Å². The van der Waals surface area contributed by atoms with E-state index in [0.717, 1.165) is 16.7 Å². The summed E-state index contributed by atoms with van der Waals surface area (Å²) >= 11 is 1.62. The van der Waals surface area contributed by atoms with Gasteiger partial charge in [-0.15, -0.1) is 0 Å². The first-order valence-electron chi connectivity index (χ1n) is 8.95. The number of amides is 1. The summed E-state index contributed by atoms with van der Waals surface area (Å²) in [4.78, 5) is 12.1. The molecule has 8 heteroatoms. The van der Waals surface area contributed by atoms with Gasteiger partial charge in [-0.3, -0.25) is 4.79 Å². The first kappa shape index (κ1) is 20.0. The molecule has 1 aromatic heterocycles. The van der Waals surface area contributed by atoms with Crippen molar-refractivity contribution < 1.29 is 17.9 Å². The summed E-state index contributed by atoms with van der Waals surface area (Å²) in [7, 11) is -3.40. The normalized spacial score (nSPS) is 15.6. The minimum absolute atomic E-state index is 0.0351. The molecule has 6 nitrogen and oxygen atoms in total. The number of carbonyl (C=O) groups is 1. The summed E-state index contributed by atoms with van der Waals surface area (Å²) in [5, 5.41) is 6.94. The molecule has 3 rings (SSSR count). The van der Waals surface area contributed by atoms with Crippen LogP contribution in [0.3, 0.4) is 0 Å². The van der Waals surface area contributed by atoms with Crippen LogP contribution in [0.15, 0.2) is 41.1 Å². The van der Waals surface area contributed by atoms with E-state index in [1.807, 2.05) is 41.1 Å². The monoisotopic (exact) mass is 408 g/mol. The highest BCUT2D eigenvalue weighted by atomic mass is 32.2. The molecule has 0 unspecified atom stereocenters. The largest absolute Gasteiger partial charge is 0.379 e. The van der Waals surface area contributed by atoms with Gasteiger partial charge >= 0.3 is 0 Å². The van der Waals surface area contributed by atoms with Crippen LogP contribution in [0.2, 0.25) is 0 Å². The first-order chi connectivity index (χ1) is 13.0. The summed E-state index contributed by atoms with van der Waals surface area (Å²) in [5.74, 6) is -0.0967. The molecular weight excluding hydrogens is 384 g/mol. The van der Waals surface area contributed by atoms with E-state index in [0.29, 0.717) is 45.7 Å². The number of sulfonamides is 1. The van der Waals surface area contributed by atoms with Crippen molar-refractivity contribution in [1.82, 2.24) is 9.62 Å². The predicted molar refractivity (Wildman–Crippen MR) is 106 cm³/mol. The Bertz CT molecular complexity index is 844. The number of rotatable bonds is 8. The maximum Gasteiger partial charge on any atom is 0.220 e. The summed E-state index contributed by atoms with van der Waals surface area (Å²) in [6.45, 7) is 1.98. The van der Waals surface area contributed by atoms with Crippen LogP contribution in [0.4, 0.5) is 0 Å². The Morgan fingerprint density at radius 3 is 2.59 bits per heavy atom. The van der Waals surface area contributed by atoms with Gasteiger partial charge in [0.05, 0.1) is 19.0 Å². The number of aryl methyl sites for hydroxylation is 1. The van der Waals surface area contributed by atoms with Gasteiger partial charge in [-0.1, -0.05) is 24.3 Å². The molecule has 0 bridgehead atoms. The van der Waals surface area contributed by atoms with Gasteiger partial charge in [-0.2, -0.15) is 15.6 Å². The number of nitrogens with zero attached hydrogens (tertiary/aromatic N) is 1. The van der Waals surface area contributed by atoms with Gasteiger partial charge in [-0.25, -0.2) is 8.42 Å². The zero-order valence-corrected chi connectivity index (χ0v) is 16.7. The minimum atomic E-state index is -3.40. The van der Waals surface area contributed by atoms with Crippen molar-refractivity contribution in [2.75, 3.05) is 26.3 Å². The first-order valence-corrected chi connectivity index (χ1v) is 11.5. The topological polar surface area (TPSA) is 75.7 Å². The standard InChI is InChI=1S/C19H24N2O4S2/c22-19(6-5-16-7-12-26-14-16)20-13-17-3-1-2-4-18(17)15-27(23,24)21-8-10-25-11-9-21/h1-4,7,12,14H,5-6,8-11,13,15H2,(H,20,22). The maximum absolute atomic E-state index is 12.7. The third kappa shape index (κ3) is 5.87. The Morgan fingerprint density at radius 1 is 1.15 bits per heavy atom. The number of benzene rings is 1. The summed E-state index contributed by atoms with van der Waals surface area (Å²) in [5.41, 5.74) is 2.72. The molecule has 27 heavy (non-hydrogen) atoms. The Hall–Kier alpha value is -1.74. The number of thiophene rings is 1. The van der Waals surface area contributed by atoms with Gasteiger partial charge in [0.15, 0.2) is 0 Å². The summed E-state index contributed by atoms with van der Waals surface area (Å²) in [6, 6.07) is 9.38.